The van der Waals surface area contributed by atoms with Gasteiger partial charge in [-0.3, -0.25) is 15.8 Å². The third-order valence-corrected chi connectivity index (χ3v) is 6.31. The van der Waals surface area contributed by atoms with Gasteiger partial charge in [-0.1, -0.05) is 24.4 Å². The molecule has 0 saturated heterocycles. The number of carbonyl (C=O) groups excluding carboxylic acids is 1. The smallest absolute Gasteiger partial charge is 0.335 e. The van der Waals surface area contributed by atoms with Crippen molar-refractivity contribution in [3.63, 3.8) is 0 Å². The van der Waals surface area contributed by atoms with E-state index in [2.05, 4.69) is 10.7 Å². The van der Waals surface area contributed by atoms with Crippen LogP contribution in [-0.4, -0.2) is 22.2 Å². The number of nitrogens with two attached hydrogens (primary N) is 1. The number of nitriles is 1. The monoisotopic (exact) mass is 522 g/mol. The molecule has 4 rings (SSSR count). The molecular formula is C27H29ClN5O4+. The van der Waals surface area contributed by atoms with Crippen LogP contribution in [0.2, 0.25) is 5.02 Å². The van der Waals surface area contributed by atoms with Crippen molar-refractivity contribution in [3.05, 3.63) is 76.6 Å². The van der Waals surface area contributed by atoms with E-state index in [0.717, 1.165) is 17.6 Å². The summed E-state index contributed by atoms with van der Waals surface area (Å²) in [6, 6.07) is 15.2. The van der Waals surface area contributed by atoms with Crippen molar-refractivity contribution in [2.75, 3.05) is 10.7 Å². The summed E-state index contributed by atoms with van der Waals surface area (Å²) in [6.07, 6.45) is 4.23. The number of aryl methyl sites for hydroxylation is 1. The normalized spacial score (nSPS) is 12.9. The van der Waals surface area contributed by atoms with Crippen LogP contribution in [0.5, 0.6) is 0 Å². The SMILES string of the molecule is CC#N.Cc1cc(NC(=O)C(CC2CC2)c2ccc(-c3cc(Cl)ccc3NN)c[n+]2O)ccc1C(=O)O. The molecule has 0 bridgehead atoms. The van der Waals surface area contributed by atoms with Crippen molar-refractivity contribution >= 4 is 34.9 Å². The van der Waals surface area contributed by atoms with Gasteiger partial charge in [-0.05, 0) is 67.3 Å². The van der Waals surface area contributed by atoms with E-state index in [1.807, 2.05) is 6.07 Å². The Morgan fingerprint density at radius 1 is 1.22 bits per heavy atom. The van der Waals surface area contributed by atoms with Gasteiger partial charge in [0.1, 0.15) is 5.92 Å². The maximum absolute atomic E-state index is 13.3. The van der Waals surface area contributed by atoms with Gasteiger partial charge < -0.3 is 15.8 Å². The van der Waals surface area contributed by atoms with Crippen LogP contribution >= 0.6 is 11.6 Å². The number of aromatic nitrogens is 1. The lowest BCUT2D eigenvalue weighted by molar-refractivity contribution is -0.909. The molecule has 0 radical (unpaired) electrons. The molecule has 192 valence electrons. The first-order valence-corrected chi connectivity index (χ1v) is 12.0. The molecule has 9 nitrogen and oxygen atoms in total. The molecule has 1 aliphatic rings. The molecule has 1 amide bonds. The second-order valence-corrected chi connectivity index (χ2v) is 9.24. The molecule has 1 fully saturated rings. The van der Waals surface area contributed by atoms with Crippen LogP contribution in [0.1, 0.15) is 53.7 Å². The highest BCUT2D eigenvalue weighted by Gasteiger charge is 2.36. The van der Waals surface area contributed by atoms with Crippen LogP contribution in [0.25, 0.3) is 11.1 Å². The second kappa shape index (κ2) is 12.2. The van der Waals surface area contributed by atoms with E-state index in [9.17, 15) is 19.9 Å². The first kappa shape index (κ1) is 27.5. The highest BCUT2D eigenvalue weighted by atomic mass is 35.5. The number of hydrogen-bond acceptors (Lipinski definition) is 6. The molecule has 10 heteroatoms. The standard InChI is InChI=1S/C25H25ClN4O4.C2H3N/c1-14-10-18(6-7-19(14)25(32)33)28-24(31)21(11-15-2-3-15)23-9-4-16(13-30(23)34)20-12-17(26)5-8-22(20)29-27;1-2-3/h4-10,12-13,15,21,29H,2-3,11,27H2,1H3,(H2-,28,31,32,33,34);1H3/p+1. The zero-order valence-electron chi connectivity index (χ0n) is 20.5. The summed E-state index contributed by atoms with van der Waals surface area (Å²) < 4.78 is 0.974. The average Bonchev–Trinajstić information content (AvgIpc) is 3.67. The molecule has 2 aromatic carbocycles. The summed E-state index contributed by atoms with van der Waals surface area (Å²) in [6.45, 7) is 3.11. The van der Waals surface area contributed by atoms with Gasteiger partial charge in [0.05, 0.1) is 22.9 Å². The lowest BCUT2D eigenvalue weighted by atomic mass is 9.95. The first-order valence-electron chi connectivity index (χ1n) is 11.7. The Kier molecular flexibility index (Phi) is 9.06. The molecule has 1 atom stereocenters. The second-order valence-electron chi connectivity index (χ2n) is 8.80. The third-order valence-electron chi connectivity index (χ3n) is 6.07. The molecule has 1 aliphatic carbocycles. The number of hydrazine groups is 1. The number of hydrogen-bond donors (Lipinski definition) is 5. The van der Waals surface area contributed by atoms with E-state index in [0.29, 0.717) is 51.1 Å². The molecule has 1 heterocycles. The number of aromatic carboxylic acids is 1. The number of nitrogens with one attached hydrogen (secondary N) is 2. The Morgan fingerprint density at radius 2 is 1.92 bits per heavy atom. The number of carbonyl (C=O) groups is 2. The molecule has 1 unspecified atom stereocenters. The van der Waals surface area contributed by atoms with Crippen LogP contribution in [0.4, 0.5) is 11.4 Å². The van der Waals surface area contributed by atoms with Gasteiger partial charge in [-0.15, -0.1) is 0 Å². The van der Waals surface area contributed by atoms with Gasteiger partial charge in [0.15, 0.2) is 0 Å². The summed E-state index contributed by atoms with van der Waals surface area (Å²) in [4.78, 5) is 24.5. The number of pyridine rings is 1. The number of benzene rings is 2. The van der Waals surface area contributed by atoms with Gasteiger partial charge in [-0.2, -0.15) is 5.26 Å². The fourth-order valence-corrected chi connectivity index (χ4v) is 4.25. The molecule has 1 saturated carbocycles. The zero-order valence-corrected chi connectivity index (χ0v) is 21.3. The lowest BCUT2D eigenvalue weighted by Crippen LogP contribution is -2.39. The van der Waals surface area contributed by atoms with Crippen LogP contribution in [0.3, 0.4) is 0 Å². The number of nitrogens with zero attached hydrogens (tertiary/aromatic N) is 2. The van der Waals surface area contributed by atoms with E-state index in [1.54, 1.807) is 49.4 Å². The Labute approximate surface area is 220 Å². The minimum Gasteiger partial charge on any atom is -0.478 e. The van der Waals surface area contributed by atoms with E-state index in [-0.39, 0.29) is 11.5 Å². The van der Waals surface area contributed by atoms with Crippen molar-refractivity contribution in [2.45, 2.75) is 39.0 Å². The van der Waals surface area contributed by atoms with Crippen LogP contribution in [-0.2, 0) is 4.79 Å². The van der Waals surface area contributed by atoms with Crippen molar-refractivity contribution in [3.8, 4) is 17.2 Å². The number of anilines is 2. The molecule has 1 aromatic heterocycles. The highest BCUT2D eigenvalue weighted by Crippen LogP contribution is 2.39. The molecule has 37 heavy (non-hydrogen) atoms. The van der Waals surface area contributed by atoms with Gasteiger partial charge in [0.25, 0.3) is 0 Å². The molecular weight excluding hydrogens is 494 g/mol. The van der Waals surface area contributed by atoms with Crippen molar-refractivity contribution in [1.29, 1.82) is 5.26 Å². The largest absolute Gasteiger partial charge is 0.478 e. The van der Waals surface area contributed by atoms with Gasteiger partial charge in [0.2, 0.25) is 17.8 Å². The predicted octanol–water partition coefficient (Wildman–Crippen LogP) is 4.88. The third kappa shape index (κ3) is 6.97. The van der Waals surface area contributed by atoms with E-state index < -0.39 is 11.9 Å². The molecule has 0 aliphatic heterocycles. The molecule has 0 spiro atoms. The summed E-state index contributed by atoms with van der Waals surface area (Å²) in [5, 5.41) is 30.8. The minimum absolute atomic E-state index is 0.184. The summed E-state index contributed by atoms with van der Waals surface area (Å²) in [5.74, 6) is 4.17. The quantitative estimate of drug-likeness (QED) is 0.122. The number of rotatable bonds is 8. The van der Waals surface area contributed by atoms with E-state index >= 15 is 0 Å². The maximum Gasteiger partial charge on any atom is 0.335 e. The van der Waals surface area contributed by atoms with Crippen LogP contribution < -0.4 is 21.3 Å². The predicted molar refractivity (Wildman–Crippen MR) is 140 cm³/mol. The van der Waals surface area contributed by atoms with Gasteiger partial charge in [0, 0.05) is 34.0 Å². The Morgan fingerprint density at radius 3 is 2.49 bits per heavy atom. The molecule has 3 aromatic rings. The summed E-state index contributed by atoms with van der Waals surface area (Å²) in [7, 11) is 0. The number of amides is 1. The summed E-state index contributed by atoms with van der Waals surface area (Å²) >= 11 is 6.14. The topological polar surface area (TPSA) is 152 Å². The Hall–Kier alpha value is -4.13. The number of halogens is 1. The fraction of sp³-hybridized carbons (Fsp3) is 0.259. The van der Waals surface area contributed by atoms with Gasteiger partial charge in [-0.25, -0.2) is 4.79 Å². The van der Waals surface area contributed by atoms with Crippen molar-refractivity contribution < 1.29 is 24.6 Å². The van der Waals surface area contributed by atoms with Crippen molar-refractivity contribution in [1.82, 2.24) is 0 Å². The average molecular weight is 523 g/mol. The number of carboxylic acid groups (broad SMARTS) is 1. The van der Waals surface area contributed by atoms with Crippen molar-refractivity contribution in [2.24, 2.45) is 11.8 Å². The van der Waals surface area contributed by atoms with Gasteiger partial charge >= 0.3 is 5.97 Å². The number of carboxylic acids is 1. The fourth-order valence-electron chi connectivity index (χ4n) is 4.08. The first-order chi connectivity index (χ1) is 17.7. The Bertz CT molecular complexity index is 1350. The minimum atomic E-state index is -1.02. The lowest BCUT2D eigenvalue weighted by Gasteiger charge is -2.15. The van der Waals surface area contributed by atoms with E-state index in [4.69, 9.17) is 22.7 Å². The highest BCUT2D eigenvalue weighted by molar-refractivity contribution is 6.31. The van der Waals surface area contributed by atoms with Crippen LogP contribution in [0, 0.1) is 24.2 Å². The summed E-state index contributed by atoms with van der Waals surface area (Å²) in [5.41, 5.74) is 6.35. The Balaban J connectivity index is 0.00000121. The van der Waals surface area contributed by atoms with E-state index in [1.165, 1.54) is 19.2 Å². The molecule has 6 N–H and O–H groups in total. The maximum atomic E-state index is 13.3. The number of nitrogen functional groups attached to an aromatic ring is 1. The van der Waals surface area contributed by atoms with Crippen LogP contribution in [0.15, 0.2) is 54.7 Å². The zero-order chi connectivity index (χ0) is 27.1.